The van der Waals surface area contributed by atoms with Crippen molar-refractivity contribution in [1.82, 2.24) is 14.2 Å². The zero-order chi connectivity index (χ0) is 23.0. The van der Waals surface area contributed by atoms with E-state index < -0.39 is 16.1 Å². The minimum atomic E-state index is -3.61. The Kier molecular flexibility index (Phi) is 5.26. The summed E-state index contributed by atoms with van der Waals surface area (Å²) < 4.78 is 38.7. The smallest absolute Gasteiger partial charge is 0.247 e. The van der Waals surface area contributed by atoms with Crippen molar-refractivity contribution < 1.29 is 17.6 Å². The lowest BCUT2D eigenvalue weighted by Gasteiger charge is -2.18. The quantitative estimate of drug-likeness (QED) is 0.427. The first kappa shape index (κ1) is 21.0. The molecule has 1 aliphatic rings. The highest BCUT2D eigenvalue weighted by Gasteiger charge is 2.37. The van der Waals surface area contributed by atoms with E-state index >= 15 is 0 Å². The van der Waals surface area contributed by atoms with Crippen molar-refractivity contribution >= 4 is 15.7 Å². The summed E-state index contributed by atoms with van der Waals surface area (Å²) in [7, 11) is -1.99. The summed E-state index contributed by atoms with van der Waals surface area (Å²) in [5.41, 5.74) is 3.84. The Morgan fingerprint density at radius 1 is 1.03 bits per heavy atom. The predicted molar refractivity (Wildman–Crippen MR) is 125 cm³/mol. The van der Waals surface area contributed by atoms with Crippen LogP contribution in [0.1, 0.15) is 23.8 Å². The van der Waals surface area contributed by atoms with Crippen molar-refractivity contribution in [3.63, 3.8) is 0 Å². The molecule has 9 heteroatoms. The number of sulfonamides is 1. The number of hydrogen-bond donors (Lipinski definition) is 0. The predicted octanol–water partition coefficient (Wildman–Crippen LogP) is 4.25. The van der Waals surface area contributed by atoms with Crippen LogP contribution in [0.4, 0.5) is 0 Å². The number of furan rings is 1. The summed E-state index contributed by atoms with van der Waals surface area (Å²) >= 11 is 0. The second-order valence-electron chi connectivity index (χ2n) is 7.72. The lowest BCUT2D eigenvalue weighted by molar-refractivity contribution is 0.322. The van der Waals surface area contributed by atoms with Crippen molar-refractivity contribution in [1.29, 1.82) is 0 Å². The molecule has 33 heavy (non-hydrogen) atoms. The van der Waals surface area contributed by atoms with Crippen LogP contribution in [0.15, 0.2) is 88.7 Å². The Hall–Kier alpha value is -3.85. The first-order valence-corrected chi connectivity index (χ1v) is 12.2. The van der Waals surface area contributed by atoms with E-state index in [9.17, 15) is 8.42 Å². The van der Waals surface area contributed by atoms with Gasteiger partial charge < -0.3 is 9.15 Å². The van der Waals surface area contributed by atoms with Crippen LogP contribution in [0.2, 0.25) is 0 Å². The van der Waals surface area contributed by atoms with Gasteiger partial charge >= 0.3 is 0 Å². The molecule has 0 bridgehead atoms. The molecule has 0 spiro atoms. The number of aromatic nitrogens is 2. The second-order valence-corrected chi connectivity index (χ2v) is 9.56. The van der Waals surface area contributed by atoms with Crippen LogP contribution in [0, 0.1) is 0 Å². The van der Waals surface area contributed by atoms with Gasteiger partial charge in [0.1, 0.15) is 23.2 Å². The maximum Gasteiger partial charge on any atom is 0.247 e. The maximum absolute atomic E-state index is 12.5. The molecule has 0 N–H and O–H groups in total. The summed E-state index contributed by atoms with van der Waals surface area (Å²) in [6.45, 7) is 0. The summed E-state index contributed by atoms with van der Waals surface area (Å²) in [6, 6.07) is 20.3. The normalized spacial score (nSPS) is 16.1. The van der Waals surface area contributed by atoms with Crippen molar-refractivity contribution in [3.05, 3.63) is 90.5 Å². The van der Waals surface area contributed by atoms with Crippen molar-refractivity contribution in [2.45, 2.75) is 12.5 Å². The summed E-state index contributed by atoms with van der Waals surface area (Å²) in [5, 5.41) is 9.35. The van der Waals surface area contributed by atoms with Crippen LogP contribution in [-0.2, 0) is 10.0 Å². The van der Waals surface area contributed by atoms with E-state index in [0.717, 1.165) is 33.2 Å². The van der Waals surface area contributed by atoms with Crippen LogP contribution >= 0.6 is 0 Å². The first-order valence-electron chi connectivity index (χ1n) is 10.3. The molecule has 0 saturated carbocycles. The number of hydrazone groups is 1. The summed E-state index contributed by atoms with van der Waals surface area (Å²) in [4.78, 5) is 0. The van der Waals surface area contributed by atoms with Crippen LogP contribution in [0.3, 0.4) is 0 Å². The molecule has 0 amide bonds. The van der Waals surface area contributed by atoms with Crippen LogP contribution < -0.4 is 4.74 Å². The average Bonchev–Trinajstić information content (AvgIpc) is 3.58. The number of hydrogen-bond acceptors (Lipinski definition) is 6. The van der Waals surface area contributed by atoms with Gasteiger partial charge in [0.15, 0.2) is 0 Å². The van der Waals surface area contributed by atoms with Gasteiger partial charge in [-0.05, 0) is 48.5 Å². The minimum absolute atomic E-state index is 0.365. The molecule has 168 valence electrons. The molecule has 4 aromatic rings. The molecule has 0 saturated heterocycles. The highest BCUT2D eigenvalue weighted by molar-refractivity contribution is 7.88. The minimum Gasteiger partial charge on any atom is -0.497 e. The van der Waals surface area contributed by atoms with Gasteiger partial charge in [0.05, 0.1) is 31.0 Å². The lowest BCUT2D eigenvalue weighted by atomic mass is 10.0. The van der Waals surface area contributed by atoms with E-state index in [0.29, 0.717) is 23.6 Å². The third kappa shape index (κ3) is 4.03. The number of methoxy groups -OCH3 is 1. The van der Waals surface area contributed by atoms with E-state index in [1.54, 1.807) is 23.9 Å². The third-order valence-corrected chi connectivity index (χ3v) is 6.51. The Labute approximate surface area is 191 Å². The fraction of sp³-hybridized carbons (Fsp3) is 0.167. The Balaban J connectivity index is 1.64. The molecule has 0 fully saturated rings. The van der Waals surface area contributed by atoms with Gasteiger partial charge in [0, 0.05) is 23.7 Å². The van der Waals surface area contributed by atoms with Crippen LogP contribution in [0.5, 0.6) is 5.75 Å². The van der Waals surface area contributed by atoms with Crippen molar-refractivity contribution in [3.8, 4) is 22.7 Å². The number of rotatable bonds is 6. The zero-order valence-corrected chi connectivity index (χ0v) is 18.9. The lowest BCUT2D eigenvalue weighted by Crippen LogP contribution is -2.25. The van der Waals surface area contributed by atoms with Gasteiger partial charge in [-0.25, -0.2) is 13.1 Å². The molecule has 2 aromatic carbocycles. The second kappa shape index (κ2) is 8.25. The zero-order valence-electron chi connectivity index (χ0n) is 18.1. The average molecular weight is 463 g/mol. The fourth-order valence-electron chi connectivity index (χ4n) is 3.91. The summed E-state index contributed by atoms with van der Waals surface area (Å²) in [6.07, 6.45) is 4.93. The van der Waals surface area contributed by atoms with Gasteiger partial charge in [-0.3, -0.25) is 0 Å². The molecule has 8 nitrogen and oxygen atoms in total. The van der Waals surface area contributed by atoms with Gasteiger partial charge in [-0.2, -0.15) is 14.6 Å². The standard InChI is InChI=1S/C24H22N4O4S/c1-31-19-12-10-17(11-13-19)24-20(16-27(26-24)18-7-4-3-5-8-18)21-15-22(23-9-6-14-32-23)28(25-21)33(2,29)30/h3-14,16,22H,15H2,1-2H3/t22-/m1/s1. The topological polar surface area (TPSA) is 89.9 Å². The molecule has 1 atom stereocenters. The Bertz CT molecular complexity index is 1390. The molecule has 0 unspecified atom stereocenters. The molecule has 5 rings (SSSR count). The Morgan fingerprint density at radius 3 is 2.42 bits per heavy atom. The number of benzene rings is 2. The Morgan fingerprint density at radius 2 is 1.79 bits per heavy atom. The van der Waals surface area contributed by atoms with E-state index in [1.165, 1.54) is 6.26 Å². The number of nitrogens with zero attached hydrogens (tertiary/aromatic N) is 4. The van der Waals surface area contributed by atoms with Gasteiger partial charge in [0.25, 0.3) is 0 Å². The van der Waals surface area contributed by atoms with Crippen LogP contribution in [0.25, 0.3) is 16.9 Å². The molecule has 1 aliphatic heterocycles. The van der Waals surface area contributed by atoms with E-state index in [2.05, 4.69) is 5.10 Å². The highest BCUT2D eigenvalue weighted by Crippen LogP contribution is 2.37. The van der Waals surface area contributed by atoms with E-state index in [4.69, 9.17) is 14.3 Å². The van der Waals surface area contributed by atoms with Gasteiger partial charge in [-0.15, -0.1) is 0 Å². The number of ether oxygens (including phenoxy) is 1. The monoisotopic (exact) mass is 462 g/mol. The van der Waals surface area contributed by atoms with Crippen molar-refractivity contribution in [2.75, 3.05) is 13.4 Å². The molecule has 3 heterocycles. The SMILES string of the molecule is COc1ccc(-c2nn(-c3ccccc3)cc2C2=NN(S(C)(=O)=O)[C@@H](c3ccco3)C2)cc1. The molecule has 0 aliphatic carbocycles. The molecule has 0 radical (unpaired) electrons. The number of para-hydroxylation sites is 1. The third-order valence-electron chi connectivity index (χ3n) is 5.49. The van der Waals surface area contributed by atoms with Gasteiger partial charge in [-0.1, -0.05) is 18.2 Å². The van der Waals surface area contributed by atoms with Gasteiger partial charge in [0.2, 0.25) is 10.0 Å². The molecule has 2 aromatic heterocycles. The van der Waals surface area contributed by atoms with E-state index in [-0.39, 0.29) is 0 Å². The maximum atomic E-state index is 12.5. The van der Waals surface area contributed by atoms with Crippen molar-refractivity contribution in [2.24, 2.45) is 5.10 Å². The largest absolute Gasteiger partial charge is 0.497 e. The van der Waals surface area contributed by atoms with E-state index in [1.807, 2.05) is 60.8 Å². The van der Waals surface area contributed by atoms with Crippen LogP contribution in [-0.4, -0.2) is 41.7 Å². The highest BCUT2D eigenvalue weighted by atomic mass is 32.2. The molecular weight excluding hydrogens is 440 g/mol. The first-order chi connectivity index (χ1) is 15.9. The fourth-order valence-corrected chi connectivity index (χ4v) is 4.80. The summed E-state index contributed by atoms with van der Waals surface area (Å²) in [5.74, 6) is 1.28. The molecular formula is C24H22N4O4S.